The highest BCUT2D eigenvalue weighted by Gasteiger charge is 2.17. The van der Waals surface area contributed by atoms with Gasteiger partial charge in [0.15, 0.2) is 5.82 Å². The number of benzene rings is 1. The zero-order chi connectivity index (χ0) is 19.0. The highest BCUT2D eigenvalue weighted by Crippen LogP contribution is 2.35. The number of fused-ring (bicyclic) bond motifs is 3. The molecule has 3 heterocycles. The van der Waals surface area contributed by atoms with E-state index in [9.17, 15) is 4.79 Å². The van der Waals surface area contributed by atoms with Crippen LogP contribution in [0.5, 0.6) is 0 Å². The first kappa shape index (κ1) is 17.4. The summed E-state index contributed by atoms with van der Waals surface area (Å²) in [6.45, 7) is 2.16. The topological polar surface area (TPSA) is 84.7 Å². The summed E-state index contributed by atoms with van der Waals surface area (Å²) in [5.41, 5.74) is 4.89. The van der Waals surface area contributed by atoms with E-state index in [4.69, 9.17) is 9.97 Å². The van der Waals surface area contributed by atoms with E-state index >= 15 is 0 Å². The summed E-state index contributed by atoms with van der Waals surface area (Å²) >= 11 is 1.57. The highest BCUT2D eigenvalue weighted by atomic mass is 32.1. The molecule has 4 rings (SSSR count). The average molecular weight is 380 g/mol. The van der Waals surface area contributed by atoms with Crippen molar-refractivity contribution in [1.82, 2.24) is 24.8 Å². The van der Waals surface area contributed by atoms with E-state index in [1.807, 2.05) is 24.7 Å². The number of carbonyl (C=O) groups excluding carboxylic acids is 1. The molecule has 0 saturated carbocycles. The molecule has 7 nitrogen and oxygen atoms in total. The molecule has 0 bridgehead atoms. The van der Waals surface area contributed by atoms with Gasteiger partial charge in [-0.3, -0.25) is 4.79 Å². The van der Waals surface area contributed by atoms with Crippen LogP contribution in [0, 0.1) is 0 Å². The molecular weight excluding hydrogens is 360 g/mol. The lowest BCUT2D eigenvalue weighted by atomic mass is 10.1. The van der Waals surface area contributed by atoms with Crippen LogP contribution in [0.2, 0.25) is 0 Å². The molecule has 0 fully saturated rings. The van der Waals surface area contributed by atoms with E-state index in [0.717, 1.165) is 49.8 Å². The molecule has 138 valence electrons. The van der Waals surface area contributed by atoms with Crippen molar-refractivity contribution in [3.8, 4) is 10.6 Å². The van der Waals surface area contributed by atoms with Gasteiger partial charge in [-0.15, -0.1) is 0 Å². The summed E-state index contributed by atoms with van der Waals surface area (Å²) in [5.74, 6) is 0.751. The van der Waals surface area contributed by atoms with E-state index in [1.165, 1.54) is 6.92 Å². The zero-order valence-electron chi connectivity index (χ0n) is 15.4. The van der Waals surface area contributed by atoms with E-state index in [1.54, 1.807) is 17.7 Å². The van der Waals surface area contributed by atoms with Gasteiger partial charge < -0.3 is 15.2 Å². The lowest BCUT2D eigenvalue weighted by Gasteiger charge is -2.04. The molecule has 3 aromatic heterocycles. The van der Waals surface area contributed by atoms with E-state index in [2.05, 4.69) is 33.8 Å². The van der Waals surface area contributed by atoms with Crippen molar-refractivity contribution in [2.45, 2.75) is 13.3 Å². The summed E-state index contributed by atoms with van der Waals surface area (Å²) in [6.07, 6.45) is 2.57. The normalized spacial score (nSPS) is 11.2. The second kappa shape index (κ2) is 6.96. The van der Waals surface area contributed by atoms with Crippen molar-refractivity contribution < 1.29 is 4.79 Å². The Morgan fingerprint density at radius 2 is 2.11 bits per heavy atom. The smallest absolute Gasteiger partial charge is 0.216 e. The van der Waals surface area contributed by atoms with Crippen LogP contribution >= 0.6 is 11.3 Å². The Kier molecular flexibility index (Phi) is 4.49. The van der Waals surface area contributed by atoms with Crippen LogP contribution in [0.15, 0.2) is 30.6 Å². The van der Waals surface area contributed by atoms with Gasteiger partial charge in [0, 0.05) is 33.1 Å². The quantitative estimate of drug-likeness (QED) is 0.556. The number of aryl methyl sites for hydroxylation is 1. The maximum absolute atomic E-state index is 11.0. The monoisotopic (exact) mass is 380 g/mol. The number of aromatic nitrogens is 4. The number of rotatable bonds is 5. The van der Waals surface area contributed by atoms with Crippen molar-refractivity contribution in [2.75, 3.05) is 18.9 Å². The maximum Gasteiger partial charge on any atom is 0.216 e. The minimum Gasteiger partial charge on any atom is -0.371 e. The fourth-order valence-electron chi connectivity index (χ4n) is 3.12. The molecule has 0 atom stereocenters. The summed E-state index contributed by atoms with van der Waals surface area (Å²) < 4.78 is 1.98. The van der Waals surface area contributed by atoms with Crippen LogP contribution < -0.4 is 10.6 Å². The Bertz CT molecular complexity index is 1150. The molecule has 1 amide bonds. The molecule has 2 N–H and O–H groups in total. The fourth-order valence-corrected chi connectivity index (χ4v) is 4.06. The average Bonchev–Trinajstić information content (AvgIpc) is 3.24. The van der Waals surface area contributed by atoms with Gasteiger partial charge in [-0.25, -0.2) is 15.0 Å². The third-order valence-corrected chi connectivity index (χ3v) is 5.40. The van der Waals surface area contributed by atoms with E-state index in [0.29, 0.717) is 6.54 Å². The van der Waals surface area contributed by atoms with Gasteiger partial charge in [-0.1, -0.05) is 29.5 Å². The van der Waals surface area contributed by atoms with Crippen LogP contribution in [0.3, 0.4) is 0 Å². The first-order chi connectivity index (χ1) is 13.1. The van der Waals surface area contributed by atoms with Gasteiger partial charge in [0.05, 0.1) is 6.33 Å². The zero-order valence-corrected chi connectivity index (χ0v) is 16.2. The summed E-state index contributed by atoms with van der Waals surface area (Å²) in [5, 5.41) is 6.88. The van der Waals surface area contributed by atoms with Crippen LogP contribution in [0.1, 0.15) is 12.5 Å². The molecule has 0 saturated heterocycles. The molecule has 0 radical (unpaired) electrons. The van der Waals surface area contributed by atoms with Gasteiger partial charge in [-0.05, 0) is 18.1 Å². The molecule has 1 aromatic carbocycles. The Balaban J connectivity index is 1.75. The predicted octanol–water partition coefficient (Wildman–Crippen LogP) is 2.97. The Morgan fingerprint density at radius 3 is 2.89 bits per heavy atom. The molecule has 8 heteroatoms. The van der Waals surface area contributed by atoms with Gasteiger partial charge in [0.2, 0.25) is 5.91 Å². The minimum absolute atomic E-state index is 0.0102. The van der Waals surface area contributed by atoms with Gasteiger partial charge in [0.1, 0.15) is 26.4 Å². The standard InChI is InChI=1S/C19H20N6OS/c1-11(26)21-8-7-12-5-4-6-13(9-12)18-23-15-16-14(22-10-25(16)3)17(20-2)24-19(15)27-18/h4-6,9-10H,7-8H2,1-3H3,(H,20,24)(H,21,26). The number of pyridine rings is 1. The SMILES string of the molecule is CNc1nc2sc(-c3cccc(CCNC(C)=O)c3)nc2c2c1ncn2C. The lowest BCUT2D eigenvalue weighted by Crippen LogP contribution is -2.22. The molecule has 0 aliphatic heterocycles. The molecule has 0 aliphatic carbocycles. The number of nitrogens with zero attached hydrogens (tertiary/aromatic N) is 4. The van der Waals surface area contributed by atoms with Gasteiger partial charge in [0.25, 0.3) is 0 Å². The molecule has 27 heavy (non-hydrogen) atoms. The second-order valence-electron chi connectivity index (χ2n) is 6.37. The number of nitrogens with one attached hydrogen (secondary N) is 2. The fraction of sp³-hybridized carbons (Fsp3) is 0.263. The van der Waals surface area contributed by atoms with Gasteiger partial charge in [-0.2, -0.15) is 0 Å². The van der Waals surface area contributed by atoms with E-state index in [-0.39, 0.29) is 5.91 Å². The summed E-state index contributed by atoms with van der Waals surface area (Å²) in [4.78, 5) is 25.9. The van der Waals surface area contributed by atoms with Crippen molar-refractivity contribution in [1.29, 1.82) is 0 Å². The van der Waals surface area contributed by atoms with Crippen molar-refractivity contribution in [3.05, 3.63) is 36.2 Å². The van der Waals surface area contributed by atoms with Crippen LogP contribution in [0.4, 0.5) is 5.82 Å². The minimum atomic E-state index is -0.0102. The molecule has 0 spiro atoms. The van der Waals surface area contributed by atoms with E-state index < -0.39 is 0 Å². The first-order valence-electron chi connectivity index (χ1n) is 8.70. The summed E-state index contributed by atoms with van der Waals surface area (Å²) in [6, 6.07) is 8.27. The highest BCUT2D eigenvalue weighted by molar-refractivity contribution is 7.21. The Hall–Kier alpha value is -3.00. The van der Waals surface area contributed by atoms with Crippen LogP contribution in [-0.2, 0) is 18.3 Å². The molecular formula is C19H20N6OS. The molecule has 4 aromatic rings. The number of hydrogen-bond donors (Lipinski definition) is 2. The molecule has 0 unspecified atom stereocenters. The number of thiazole rings is 1. The lowest BCUT2D eigenvalue weighted by molar-refractivity contribution is -0.118. The number of hydrogen-bond acceptors (Lipinski definition) is 6. The third kappa shape index (κ3) is 3.23. The number of anilines is 1. The Morgan fingerprint density at radius 1 is 1.26 bits per heavy atom. The van der Waals surface area contributed by atoms with Gasteiger partial charge >= 0.3 is 0 Å². The van der Waals surface area contributed by atoms with Crippen LogP contribution in [0.25, 0.3) is 32.0 Å². The first-order valence-corrected chi connectivity index (χ1v) is 9.51. The largest absolute Gasteiger partial charge is 0.371 e. The van der Waals surface area contributed by atoms with Crippen LogP contribution in [-0.4, -0.2) is 39.0 Å². The van der Waals surface area contributed by atoms with Crippen molar-refractivity contribution in [2.24, 2.45) is 7.05 Å². The number of imidazole rings is 1. The second-order valence-corrected chi connectivity index (χ2v) is 7.35. The summed E-state index contributed by atoms with van der Waals surface area (Å²) in [7, 11) is 3.82. The number of carbonyl (C=O) groups is 1. The molecule has 0 aliphatic rings. The number of amides is 1. The third-order valence-electron chi connectivity index (χ3n) is 4.41. The van der Waals surface area contributed by atoms with Crippen molar-refractivity contribution >= 4 is 44.4 Å². The Labute approximate surface area is 160 Å². The maximum atomic E-state index is 11.0. The van der Waals surface area contributed by atoms with Crippen molar-refractivity contribution in [3.63, 3.8) is 0 Å². The predicted molar refractivity (Wildman–Crippen MR) is 109 cm³/mol.